The Bertz CT molecular complexity index is 1010. The highest BCUT2D eigenvalue weighted by Gasteiger charge is 2.16. The normalized spacial score (nSPS) is 12.0. The SMILES string of the molecule is O=c1[nH]c(NC(c2ccccc2)c2ccccn2)nc2ccccc12. The lowest BCUT2D eigenvalue weighted by molar-refractivity contribution is 0.866. The fourth-order valence-electron chi connectivity index (χ4n) is 2.81. The van der Waals surface area contributed by atoms with Gasteiger partial charge < -0.3 is 5.32 Å². The van der Waals surface area contributed by atoms with E-state index >= 15 is 0 Å². The monoisotopic (exact) mass is 328 g/mol. The molecule has 2 N–H and O–H groups in total. The van der Waals surface area contributed by atoms with Crippen LogP contribution in [-0.4, -0.2) is 15.0 Å². The van der Waals surface area contributed by atoms with E-state index in [-0.39, 0.29) is 11.6 Å². The van der Waals surface area contributed by atoms with E-state index in [1.165, 1.54) is 0 Å². The van der Waals surface area contributed by atoms with E-state index in [4.69, 9.17) is 0 Å². The molecular formula is C20H16N4O. The highest BCUT2D eigenvalue weighted by Crippen LogP contribution is 2.23. The van der Waals surface area contributed by atoms with Crippen LogP contribution in [0.1, 0.15) is 17.3 Å². The quantitative estimate of drug-likeness (QED) is 0.601. The summed E-state index contributed by atoms with van der Waals surface area (Å²) in [5.74, 6) is 0.420. The van der Waals surface area contributed by atoms with Crippen molar-refractivity contribution in [2.75, 3.05) is 5.32 Å². The van der Waals surface area contributed by atoms with Crippen LogP contribution < -0.4 is 10.9 Å². The summed E-state index contributed by atoms with van der Waals surface area (Å²) >= 11 is 0. The van der Waals surface area contributed by atoms with E-state index < -0.39 is 0 Å². The van der Waals surface area contributed by atoms with Crippen molar-refractivity contribution in [1.82, 2.24) is 15.0 Å². The zero-order valence-electron chi connectivity index (χ0n) is 13.4. The highest BCUT2D eigenvalue weighted by molar-refractivity contribution is 5.78. The van der Waals surface area contributed by atoms with Crippen LogP contribution in [0.15, 0.2) is 83.8 Å². The molecule has 5 heteroatoms. The number of aromatic nitrogens is 3. The molecule has 0 spiro atoms. The highest BCUT2D eigenvalue weighted by atomic mass is 16.1. The molecule has 2 aromatic carbocycles. The largest absolute Gasteiger partial charge is 0.343 e. The van der Waals surface area contributed by atoms with Crippen molar-refractivity contribution < 1.29 is 0 Å². The number of aromatic amines is 1. The lowest BCUT2D eigenvalue weighted by Crippen LogP contribution is -2.19. The molecule has 2 heterocycles. The standard InChI is InChI=1S/C20H16N4O/c25-19-15-10-4-5-11-16(15)22-20(24-19)23-18(14-8-2-1-3-9-14)17-12-6-7-13-21-17/h1-13,18H,(H2,22,23,24,25). The number of hydrogen-bond acceptors (Lipinski definition) is 4. The van der Waals surface area contributed by atoms with Crippen LogP contribution in [0.3, 0.4) is 0 Å². The maximum Gasteiger partial charge on any atom is 0.260 e. The van der Waals surface area contributed by atoms with E-state index in [0.29, 0.717) is 16.9 Å². The molecule has 0 aliphatic carbocycles. The van der Waals surface area contributed by atoms with Crippen LogP contribution in [0.4, 0.5) is 5.95 Å². The van der Waals surface area contributed by atoms with Gasteiger partial charge in [0.05, 0.1) is 22.6 Å². The third kappa shape index (κ3) is 3.12. The number of nitrogens with one attached hydrogen (secondary N) is 2. The zero-order chi connectivity index (χ0) is 17.1. The molecule has 1 atom stereocenters. The first kappa shape index (κ1) is 15.1. The Balaban J connectivity index is 1.78. The number of anilines is 1. The van der Waals surface area contributed by atoms with Gasteiger partial charge in [-0.3, -0.25) is 14.8 Å². The van der Waals surface area contributed by atoms with E-state index in [2.05, 4.69) is 20.3 Å². The Kier molecular flexibility index (Phi) is 3.96. The lowest BCUT2D eigenvalue weighted by atomic mass is 10.0. The molecule has 0 aliphatic rings. The fraction of sp³-hybridized carbons (Fsp3) is 0.0500. The summed E-state index contributed by atoms with van der Waals surface area (Å²) in [6, 6.07) is 22.8. The fourth-order valence-corrected chi connectivity index (χ4v) is 2.81. The van der Waals surface area contributed by atoms with Crippen molar-refractivity contribution in [3.63, 3.8) is 0 Å². The molecule has 0 aliphatic heterocycles. The first-order chi connectivity index (χ1) is 12.3. The van der Waals surface area contributed by atoms with Crippen LogP contribution in [0.5, 0.6) is 0 Å². The molecule has 0 bridgehead atoms. The summed E-state index contributed by atoms with van der Waals surface area (Å²) < 4.78 is 0. The molecule has 0 saturated heterocycles. The third-order valence-corrected chi connectivity index (χ3v) is 4.01. The predicted octanol–water partition coefficient (Wildman–Crippen LogP) is 3.52. The minimum Gasteiger partial charge on any atom is -0.343 e. The topological polar surface area (TPSA) is 70.7 Å². The summed E-state index contributed by atoms with van der Waals surface area (Å²) in [4.78, 5) is 24.1. The van der Waals surface area contributed by atoms with E-state index in [1.54, 1.807) is 12.3 Å². The summed E-state index contributed by atoms with van der Waals surface area (Å²) in [6.45, 7) is 0. The molecule has 4 aromatic rings. The summed E-state index contributed by atoms with van der Waals surface area (Å²) in [6.07, 6.45) is 1.75. The molecule has 0 radical (unpaired) electrons. The van der Waals surface area contributed by atoms with Gasteiger partial charge in [-0.1, -0.05) is 48.5 Å². The van der Waals surface area contributed by atoms with Crippen molar-refractivity contribution in [3.8, 4) is 0 Å². The minimum atomic E-state index is -0.216. The number of rotatable bonds is 4. The van der Waals surface area contributed by atoms with Crippen molar-refractivity contribution in [2.45, 2.75) is 6.04 Å². The van der Waals surface area contributed by atoms with E-state index in [1.807, 2.05) is 66.7 Å². The second-order valence-electron chi connectivity index (χ2n) is 5.67. The number of benzene rings is 2. The van der Waals surface area contributed by atoms with Gasteiger partial charge >= 0.3 is 0 Å². The van der Waals surface area contributed by atoms with Crippen LogP contribution in [0.25, 0.3) is 10.9 Å². The Morgan fingerprint density at radius 2 is 1.64 bits per heavy atom. The van der Waals surface area contributed by atoms with Crippen molar-refractivity contribution in [2.24, 2.45) is 0 Å². The van der Waals surface area contributed by atoms with Crippen LogP contribution in [0, 0.1) is 0 Å². The molecule has 0 fully saturated rings. The smallest absolute Gasteiger partial charge is 0.260 e. The number of H-pyrrole nitrogens is 1. The van der Waals surface area contributed by atoms with E-state index in [9.17, 15) is 4.79 Å². The maximum atomic E-state index is 12.3. The Hall–Kier alpha value is -3.47. The van der Waals surface area contributed by atoms with Gasteiger partial charge in [-0.05, 0) is 29.8 Å². The number of para-hydroxylation sites is 1. The Labute approximate surface area is 144 Å². The molecule has 122 valence electrons. The second kappa shape index (κ2) is 6.57. The number of fused-ring (bicyclic) bond motifs is 1. The first-order valence-corrected chi connectivity index (χ1v) is 8.03. The molecule has 5 nitrogen and oxygen atoms in total. The van der Waals surface area contributed by atoms with Crippen LogP contribution in [0.2, 0.25) is 0 Å². The molecule has 0 amide bonds. The van der Waals surface area contributed by atoms with Crippen molar-refractivity contribution in [3.05, 3.63) is 101 Å². The van der Waals surface area contributed by atoms with Crippen molar-refractivity contribution in [1.29, 1.82) is 0 Å². The van der Waals surface area contributed by atoms with Gasteiger partial charge in [-0.2, -0.15) is 0 Å². The molecule has 0 saturated carbocycles. The molecule has 25 heavy (non-hydrogen) atoms. The van der Waals surface area contributed by atoms with Gasteiger partial charge in [0.15, 0.2) is 0 Å². The third-order valence-electron chi connectivity index (χ3n) is 4.01. The molecule has 1 unspecified atom stereocenters. The summed E-state index contributed by atoms with van der Waals surface area (Å²) in [5, 5.41) is 3.89. The van der Waals surface area contributed by atoms with E-state index in [0.717, 1.165) is 11.3 Å². The van der Waals surface area contributed by atoms with Gasteiger partial charge in [0.2, 0.25) is 5.95 Å². The zero-order valence-corrected chi connectivity index (χ0v) is 13.4. The van der Waals surface area contributed by atoms with Gasteiger partial charge in [0.25, 0.3) is 5.56 Å². The van der Waals surface area contributed by atoms with Crippen molar-refractivity contribution >= 4 is 16.9 Å². The van der Waals surface area contributed by atoms with Crippen LogP contribution in [-0.2, 0) is 0 Å². The predicted molar refractivity (Wildman–Crippen MR) is 98.5 cm³/mol. The number of pyridine rings is 1. The minimum absolute atomic E-state index is 0.166. The number of nitrogens with zero attached hydrogens (tertiary/aromatic N) is 2. The molecular weight excluding hydrogens is 312 g/mol. The average molecular weight is 328 g/mol. The Morgan fingerprint density at radius 3 is 2.44 bits per heavy atom. The first-order valence-electron chi connectivity index (χ1n) is 8.03. The Morgan fingerprint density at radius 1 is 0.880 bits per heavy atom. The molecule has 4 rings (SSSR count). The average Bonchev–Trinajstić information content (AvgIpc) is 2.67. The molecule has 2 aromatic heterocycles. The summed E-state index contributed by atoms with van der Waals surface area (Å²) in [5.41, 5.74) is 2.38. The lowest BCUT2D eigenvalue weighted by Gasteiger charge is -2.19. The maximum absolute atomic E-state index is 12.3. The number of hydrogen-bond donors (Lipinski definition) is 2. The van der Waals surface area contributed by atoms with Gasteiger partial charge in [-0.15, -0.1) is 0 Å². The van der Waals surface area contributed by atoms with Gasteiger partial charge in [0, 0.05) is 6.20 Å². The summed E-state index contributed by atoms with van der Waals surface area (Å²) in [7, 11) is 0. The second-order valence-corrected chi connectivity index (χ2v) is 5.67. The van der Waals surface area contributed by atoms with Gasteiger partial charge in [-0.25, -0.2) is 4.98 Å². The van der Waals surface area contributed by atoms with Gasteiger partial charge in [0.1, 0.15) is 0 Å². The van der Waals surface area contributed by atoms with Crippen LogP contribution >= 0.6 is 0 Å².